The fraction of sp³-hybridized carbons (Fsp3) is 0.214. The predicted molar refractivity (Wildman–Crippen MR) is 131 cm³/mol. The number of carbonyl (C=O) groups excluding carboxylic acids is 4. The minimum Gasteiger partial charge on any atom is -0.478 e. The van der Waals surface area contributed by atoms with Crippen LogP contribution in [0.1, 0.15) is 44.7 Å². The van der Waals surface area contributed by atoms with Gasteiger partial charge in [-0.1, -0.05) is 11.8 Å². The Balaban J connectivity index is 1.47. The van der Waals surface area contributed by atoms with E-state index in [1.165, 1.54) is 36.4 Å². The van der Waals surface area contributed by atoms with Crippen LogP contribution in [0.25, 0.3) is 0 Å². The van der Waals surface area contributed by atoms with E-state index in [0.29, 0.717) is 0 Å². The van der Waals surface area contributed by atoms with Gasteiger partial charge in [-0.05, 0) is 49.2 Å². The van der Waals surface area contributed by atoms with Crippen molar-refractivity contribution in [3.63, 3.8) is 0 Å². The van der Waals surface area contributed by atoms with Crippen molar-refractivity contribution < 1.29 is 39.0 Å². The van der Waals surface area contributed by atoms with Crippen LogP contribution >= 0.6 is 0 Å². The van der Waals surface area contributed by atoms with Gasteiger partial charge in [-0.2, -0.15) is 0 Å². The smallest absolute Gasteiger partial charge is 0.335 e. The summed E-state index contributed by atoms with van der Waals surface area (Å²) in [7, 11) is 0. The molecule has 0 spiro atoms. The summed E-state index contributed by atoms with van der Waals surface area (Å²) in [6, 6.07) is 7.55. The molecule has 2 heterocycles. The summed E-state index contributed by atoms with van der Waals surface area (Å²) in [6.45, 7) is 0. The van der Waals surface area contributed by atoms with Crippen molar-refractivity contribution >= 4 is 46.9 Å². The zero-order chi connectivity index (χ0) is 27.5. The molecular formula is C28H18N2O8. The quantitative estimate of drug-likeness (QED) is 0.467. The highest BCUT2D eigenvalue weighted by molar-refractivity contribution is 6.25. The van der Waals surface area contributed by atoms with Crippen molar-refractivity contribution in [2.24, 2.45) is 23.7 Å². The van der Waals surface area contributed by atoms with Crippen LogP contribution < -0.4 is 9.80 Å². The molecule has 3 fully saturated rings. The second-order valence-corrected chi connectivity index (χ2v) is 9.36. The molecule has 38 heavy (non-hydrogen) atoms. The molecule has 10 heteroatoms. The van der Waals surface area contributed by atoms with Crippen molar-refractivity contribution in [2.45, 2.75) is 12.8 Å². The monoisotopic (exact) mass is 510 g/mol. The van der Waals surface area contributed by atoms with Crippen LogP contribution in [0.2, 0.25) is 0 Å². The first-order valence-corrected chi connectivity index (χ1v) is 11.5. The number of carbonyl (C=O) groups is 6. The van der Waals surface area contributed by atoms with E-state index in [1.54, 1.807) is 0 Å². The lowest BCUT2D eigenvalue weighted by Gasteiger charge is -2.28. The highest BCUT2D eigenvalue weighted by Gasteiger charge is 2.60. The lowest BCUT2D eigenvalue weighted by molar-refractivity contribution is -0.129. The third-order valence-corrected chi connectivity index (χ3v) is 7.32. The van der Waals surface area contributed by atoms with E-state index in [4.69, 9.17) is 12.8 Å². The van der Waals surface area contributed by atoms with Crippen molar-refractivity contribution in [3.8, 4) is 24.7 Å². The molecule has 4 amide bonds. The Hall–Kier alpha value is -5.22. The number of terminal acetylenes is 2. The molecule has 2 aromatic carbocycles. The summed E-state index contributed by atoms with van der Waals surface area (Å²) in [6.07, 6.45) is 10.7. The number of amides is 4. The van der Waals surface area contributed by atoms with Gasteiger partial charge in [-0.15, -0.1) is 12.8 Å². The van der Waals surface area contributed by atoms with E-state index < -0.39 is 59.2 Å². The number of benzene rings is 2. The van der Waals surface area contributed by atoms with Gasteiger partial charge in [-0.3, -0.25) is 19.2 Å². The molecule has 0 radical (unpaired) electrons. The Morgan fingerprint density at radius 2 is 0.947 bits per heavy atom. The maximum absolute atomic E-state index is 13.4. The van der Waals surface area contributed by atoms with Crippen molar-refractivity contribution in [3.05, 3.63) is 58.7 Å². The van der Waals surface area contributed by atoms with Gasteiger partial charge in [0.05, 0.1) is 46.2 Å². The zero-order valence-electron chi connectivity index (χ0n) is 19.6. The first-order chi connectivity index (χ1) is 18.0. The van der Waals surface area contributed by atoms with Crippen molar-refractivity contribution in [1.29, 1.82) is 0 Å². The molecule has 1 aliphatic carbocycles. The average Bonchev–Trinajstić information content (AvgIpc) is 3.30. The maximum atomic E-state index is 13.4. The number of hydrogen-bond acceptors (Lipinski definition) is 6. The number of imide groups is 2. The van der Waals surface area contributed by atoms with E-state index in [-0.39, 0.29) is 46.5 Å². The molecule has 188 valence electrons. The second-order valence-electron chi connectivity index (χ2n) is 9.36. The van der Waals surface area contributed by atoms with E-state index in [1.807, 2.05) is 0 Å². The molecular weight excluding hydrogens is 492 g/mol. The molecule has 1 saturated carbocycles. The minimum atomic E-state index is -1.29. The number of fused-ring (bicyclic) bond motifs is 2. The molecule has 2 aliphatic heterocycles. The first-order valence-electron chi connectivity index (χ1n) is 11.5. The van der Waals surface area contributed by atoms with E-state index in [2.05, 4.69) is 11.8 Å². The van der Waals surface area contributed by atoms with Gasteiger partial charge in [0.25, 0.3) is 0 Å². The molecule has 2 unspecified atom stereocenters. The zero-order valence-corrected chi connectivity index (χ0v) is 19.6. The summed E-state index contributed by atoms with van der Waals surface area (Å²) in [5.41, 5.74) is -0.0262. The Morgan fingerprint density at radius 3 is 1.21 bits per heavy atom. The molecule has 10 nitrogen and oxygen atoms in total. The SMILES string of the molecule is C#Cc1cc(C(=O)O)cc(N2C(=O)C3C[C@@H]4C(=O)N(c5cc(C#C)cc(C(=O)O)c5)C(=O)C4C[C@@H]3C2=O)c1. The maximum Gasteiger partial charge on any atom is 0.335 e. The van der Waals surface area contributed by atoms with Crippen LogP contribution in [0.5, 0.6) is 0 Å². The fourth-order valence-electron chi connectivity index (χ4n) is 5.58. The van der Waals surface area contributed by atoms with Crippen LogP contribution in [0.4, 0.5) is 11.4 Å². The van der Waals surface area contributed by atoms with Gasteiger partial charge >= 0.3 is 11.9 Å². The summed E-state index contributed by atoms with van der Waals surface area (Å²) in [4.78, 5) is 78.3. The normalized spacial score (nSPS) is 24.1. The van der Waals surface area contributed by atoms with Gasteiger partial charge in [0.15, 0.2) is 0 Å². The second kappa shape index (κ2) is 8.71. The van der Waals surface area contributed by atoms with E-state index in [0.717, 1.165) is 9.80 Å². The summed E-state index contributed by atoms with van der Waals surface area (Å²) in [5, 5.41) is 18.8. The average molecular weight is 510 g/mol. The minimum absolute atomic E-state index is 0.0130. The highest BCUT2D eigenvalue weighted by Crippen LogP contribution is 2.49. The lowest BCUT2D eigenvalue weighted by Crippen LogP contribution is -2.35. The first kappa shape index (κ1) is 24.5. The van der Waals surface area contributed by atoms with E-state index >= 15 is 0 Å². The van der Waals surface area contributed by atoms with Crippen LogP contribution in [0.15, 0.2) is 36.4 Å². The Morgan fingerprint density at radius 1 is 0.632 bits per heavy atom. The predicted octanol–water partition coefficient (Wildman–Crippen LogP) is 1.75. The molecule has 3 aliphatic rings. The topological polar surface area (TPSA) is 149 Å². The summed E-state index contributed by atoms with van der Waals surface area (Å²) >= 11 is 0. The molecule has 5 rings (SSSR count). The number of nitrogens with zero attached hydrogens (tertiary/aromatic N) is 2. The molecule has 2 aromatic rings. The number of hydrogen-bond donors (Lipinski definition) is 2. The van der Waals surface area contributed by atoms with Crippen LogP contribution in [0, 0.1) is 48.4 Å². The molecule has 2 saturated heterocycles. The fourth-order valence-corrected chi connectivity index (χ4v) is 5.58. The van der Waals surface area contributed by atoms with Gasteiger partial charge < -0.3 is 10.2 Å². The van der Waals surface area contributed by atoms with Crippen molar-refractivity contribution in [2.75, 3.05) is 9.80 Å². The molecule has 0 bridgehead atoms. The van der Waals surface area contributed by atoms with Gasteiger partial charge in [0.2, 0.25) is 23.6 Å². The van der Waals surface area contributed by atoms with Gasteiger partial charge in [-0.25, -0.2) is 19.4 Å². The standard InChI is InChI=1S/C28H18N2O8/c1-3-13-5-15(27(35)36)9-17(7-13)29-23(31)19-11-21-22(12-20(19)24(29)32)26(34)30(25(21)33)18-8-14(4-2)6-16(10-18)28(37)38/h1-2,5-10,19-22H,11-12H2,(H,35,36)(H,37,38)/t19-,20?,21?,22-/m0/s1. The number of aromatic carboxylic acids is 2. The molecule has 2 N–H and O–H groups in total. The largest absolute Gasteiger partial charge is 0.478 e. The van der Waals surface area contributed by atoms with Crippen LogP contribution in [-0.4, -0.2) is 45.8 Å². The van der Waals surface area contributed by atoms with E-state index in [9.17, 15) is 39.0 Å². The Bertz CT molecular complexity index is 1420. The van der Waals surface area contributed by atoms with Crippen molar-refractivity contribution in [1.82, 2.24) is 0 Å². The number of rotatable bonds is 4. The summed E-state index contributed by atoms with van der Waals surface area (Å²) < 4.78 is 0. The summed E-state index contributed by atoms with van der Waals surface area (Å²) in [5.74, 6) is -3.96. The number of carboxylic acid groups (broad SMARTS) is 2. The number of carboxylic acids is 2. The van der Waals surface area contributed by atoms with Gasteiger partial charge in [0.1, 0.15) is 0 Å². The number of anilines is 2. The molecule has 0 aromatic heterocycles. The molecule has 4 atom stereocenters. The third kappa shape index (κ3) is 3.62. The van der Waals surface area contributed by atoms with Crippen LogP contribution in [0.3, 0.4) is 0 Å². The third-order valence-electron chi connectivity index (χ3n) is 7.32. The lowest BCUT2D eigenvalue weighted by atomic mass is 9.70. The van der Waals surface area contributed by atoms with Gasteiger partial charge in [0, 0.05) is 11.1 Å². The van der Waals surface area contributed by atoms with Crippen LogP contribution in [-0.2, 0) is 19.2 Å². The highest BCUT2D eigenvalue weighted by atomic mass is 16.4. The Labute approximate surface area is 215 Å². The Kier molecular flexibility index (Phi) is 5.61.